The van der Waals surface area contributed by atoms with Crippen LogP contribution < -0.4 is 4.74 Å². The molecule has 0 bridgehead atoms. The Hall–Kier alpha value is -1.12. The van der Waals surface area contributed by atoms with Gasteiger partial charge in [-0.2, -0.15) is 8.42 Å². The standard InChI is InChI=1S/C10H12BrNO5S/c1-17-9-5-8(11)4-7(10(9)13)6-12-2-3-18(14,15)16/h4-6,13H,2-3H2,1H3,(H,14,15,16). The number of hydrogen-bond donors (Lipinski definition) is 2. The molecule has 100 valence electrons. The molecule has 0 aromatic heterocycles. The third-order valence-electron chi connectivity index (χ3n) is 2.00. The highest BCUT2D eigenvalue weighted by Gasteiger charge is 2.08. The summed E-state index contributed by atoms with van der Waals surface area (Å²) in [5, 5.41) is 9.77. The number of ether oxygens (including phenoxy) is 1. The quantitative estimate of drug-likeness (QED) is 0.626. The SMILES string of the molecule is COc1cc(Br)cc(C=NCCS(=O)(=O)O)c1O. The summed E-state index contributed by atoms with van der Waals surface area (Å²) in [5.74, 6) is -0.271. The molecule has 0 spiro atoms. The van der Waals surface area contributed by atoms with Crippen molar-refractivity contribution in [1.82, 2.24) is 0 Å². The Labute approximate surface area is 113 Å². The van der Waals surface area contributed by atoms with Gasteiger partial charge in [-0.25, -0.2) is 0 Å². The zero-order chi connectivity index (χ0) is 13.8. The summed E-state index contributed by atoms with van der Waals surface area (Å²) in [6.45, 7) is -0.0902. The molecule has 0 fully saturated rings. The molecule has 8 heteroatoms. The number of aromatic hydroxyl groups is 1. The lowest BCUT2D eigenvalue weighted by atomic mass is 10.2. The number of benzene rings is 1. The molecule has 0 aliphatic carbocycles. The lowest BCUT2D eigenvalue weighted by Gasteiger charge is -2.06. The first-order valence-electron chi connectivity index (χ1n) is 4.85. The number of aliphatic imine (C=N–C) groups is 1. The second-order valence-electron chi connectivity index (χ2n) is 3.37. The van der Waals surface area contributed by atoms with Gasteiger partial charge in [0.1, 0.15) is 0 Å². The molecular formula is C10H12BrNO5S. The van der Waals surface area contributed by atoms with Gasteiger partial charge in [0, 0.05) is 16.3 Å². The van der Waals surface area contributed by atoms with Gasteiger partial charge >= 0.3 is 0 Å². The molecule has 0 saturated carbocycles. The van der Waals surface area contributed by atoms with E-state index in [1.807, 2.05) is 0 Å². The van der Waals surface area contributed by atoms with Crippen molar-refractivity contribution in [3.05, 3.63) is 22.2 Å². The van der Waals surface area contributed by atoms with E-state index in [-0.39, 0.29) is 18.0 Å². The van der Waals surface area contributed by atoms with Gasteiger partial charge in [-0.1, -0.05) is 15.9 Å². The molecule has 0 heterocycles. The van der Waals surface area contributed by atoms with Crippen LogP contribution in [0.3, 0.4) is 0 Å². The van der Waals surface area contributed by atoms with Crippen molar-refractivity contribution in [3.63, 3.8) is 0 Å². The van der Waals surface area contributed by atoms with Crippen molar-refractivity contribution in [1.29, 1.82) is 0 Å². The van der Waals surface area contributed by atoms with Crippen molar-refractivity contribution >= 4 is 32.3 Å². The van der Waals surface area contributed by atoms with E-state index in [1.54, 1.807) is 12.1 Å². The molecule has 6 nitrogen and oxygen atoms in total. The number of halogens is 1. The minimum atomic E-state index is -4.02. The lowest BCUT2D eigenvalue weighted by Crippen LogP contribution is -2.06. The summed E-state index contributed by atoms with van der Waals surface area (Å²) >= 11 is 3.24. The van der Waals surface area contributed by atoms with Crippen LogP contribution in [-0.4, -0.2) is 43.7 Å². The molecule has 2 N–H and O–H groups in total. The van der Waals surface area contributed by atoms with E-state index in [0.717, 1.165) is 0 Å². The Morgan fingerprint density at radius 3 is 2.72 bits per heavy atom. The van der Waals surface area contributed by atoms with Gasteiger partial charge in [-0.05, 0) is 12.1 Å². The molecule has 0 saturated heterocycles. The van der Waals surface area contributed by atoms with Crippen molar-refractivity contribution < 1.29 is 22.8 Å². The van der Waals surface area contributed by atoms with Crippen molar-refractivity contribution in [2.75, 3.05) is 19.4 Å². The summed E-state index contributed by atoms with van der Waals surface area (Å²) in [4.78, 5) is 3.80. The molecule has 0 aliphatic rings. The number of hydrogen-bond acceptors (Lipinski definition) is 5. The Bertz CT molecular complexity index is 556. The molecule has 1 rings (SSSR count). The van der Waals surface area contributed by atoms with Gasteiger partial charge in [-0.3, -0.25) is 9.55 Å². The van der Waals surface area contributed by atoms with Gasteiger partial charge in [0.25, 0.3) is 10.1 Å². The van der Waals surface area contributed by atoms with Crippen molar-refractivity contribution in [2.45, 2.75) is 0 Å². The molecule has 0 amide bonds. The van der Waals surface area contributed by atoms with Crippen LogP contribution in [0.25, 0.3) is 0 Å². The zero-order valence-corrected chi connectivity index (χ0v) is 11.9. The first-order valence-corrected chi connectivity index (χ1v) is 7.25. The van der Waals surface area contributed by atoms with Crippen LogP contribution in [0.4, 0.5) is 0 Å². The van der Waals surface area contributed by atoms with Crippen molar-refractivity contribution in [2.24, 2.45) is 4.99 Å². The zero-order valence-electron chi connectivity index (χ0n) is 9.50. The van der Waals surface area contributed by atoms with Gasteiger partial charge in [0.05, 0.1) is 19.4 Å². The molecular weight excluding hydrogens is 326 g/mol. The maximum absolute atomic E-state index is 10.5. The Morgan fingerprint density at radius 2 is 2.17 bits per heavy atom. The summed E-state index contributed by atoms with van der Waals surface area (Å²) in [5.41, 5.74) is 0.386. The average molecular weight is 338 g/mol. The molecule has 1 aromatic rings. The van der Waals surface area contributed by atoms with Crippen molar-refractivity contribution in [3.8, 4) is 11.5 Å². The van der Waals surface area contributed by atoms with E-state index in [2.05, 4.69) is 20.9 Å². The Morgan fingerprint density at radius 1 is 1.50 bits per heavy atom. The monoisotopic (exact) mass is 337 g/mol. The Balaban J connectivity index is 2.84. The first kappa shape index (κ1) is 14.9. The van der Waals surface area contributed by atoms with Crippen LogP contribution >= 0.6 is 15.9 Å². The fourth-order valence-electron chi connectivity index (χ4n) is 1.18. The smallest absolute Gasteiger partial charge is 0.266 e. The third kappa shape index (κ3) is 4.63. The molecule has 0 atom stereocenters. The lowest BCUT2D eigenvalue weighted by molar-refractivity contribution is 0.373. The van der Waals surface area contributed by atoms with E-state index < -0.39 is 15.9 Å². The second-order valence-corrected chi connectivity index (χ2v) is 5.85. The van der Waals surface area contributed by atoms with Crippen LogP contribution in [-0.2, 0) is 10.1 Å². The molecule has 18 heavy (non-hydrogen) atoms. The van der Waals surface area contributed by atoms with E-state index in [0.29, 0.717) is 10.0 Å². The van der Waals surface area contributed by atoms with Gasteiger partial charge in [0.2, 0.25) is 0 Å². The van der Waals surface area contributed by atoms with E-state index in [4.69, 9.17) is 9.29 Å². The highest BCUT2D eigenvalue weighted by atomic mass is 79.9. The summed E-state index contributed by atoms with van der Waals surface area (Å²) in [6.07, 6.45) is 1.31. The Kier molecular flexibility index (Phi) is 5.12. The second kappa shape index (κ2) is 6.17. The van der Waals surface area contributed by atoms with Gasteiger partial charge in [0.15, 0.2) is 11.5 Å². The molecule has 0 radical (unpaired) electrons. The largest absolute Gasteiger partial charge is 0.504 e. The van der Waals surface area contributed by atoms with E-state index in [1.165, 1.54) is 13.3 Å². The molecule has 0 unspecified atom stereocenters. The summed E-state index contributed by atoms with van der Waals surface area (Å²) < 4.78 is 35.1. The normalized spacial score (nSPS) is 11.9. The fourth-order valence-corrected chi connectivity index (χ4v) is 1.97. The van der Waals surface area contributed by atoms with Crippen LogP contribution in [0.15, 0.2) is 21.6 Å². The number of phenolic OH excluding ortho intramolecular Hbond substituents is 1. The maximum Gasteiger partial charge on any atom is 0.266 e. The number of nitrogens with zero attached hydrogens (tertiary/aromatic N) is 1. The summed E-state index contributed by atoms with van der Waals surface area (Å²) in [7, 11) is -2.60. The van der Waals surface area contributed by atoms with Crippen LogP contribution in [0.2, 0.25) is 0 Å². The van der Waals surface area contributed by atoms with E-state index >= 15 is 0 Å². The fraction of sp³-hybridized carbons (Fsp3) is 0.300. The number of rotatable bonds is 5. The number of phenols is 1. The average Bonchev–Trinajstić information content (AvgIpc) is 2.27. The van der Waals surface area contributed by atoms with Gasteiger partial charge < -0.3 is 9.84 Å². The van der Waals surface area contributed by atoms with Crippen LogP contribution in [0.1, 0.15) is 5.56 Å². The van der Waals surface area contributed by atoms with E-state index in [9.17, 15) is 13.5 Å². The summed E-state index contributed by atoms with van der Waals surface area (Å²) in [6, 6.07) is 3.19. The number of methoxy groups -OCH3 is 1. The topological polar surface area (TPSA) is 96.2 Å². The predicted molar refractivity (Wildman–Crippen MR) is 71.2 cm³/mol. The highest BCUT2D eigenvalue weighted by molar-refractivity contribution is 9.10. The first-order chi connectivity index (χ1) is 8.33. The third-order valence-corrected chi connectivity index (χ3v) is 3.15. The minimum absolute atomic E-state index is 0.0868. The molecule has 0 aliphatic heterocycles. The van der Waals surface area contributed by atoms with Gasteiger partial charge in [-0.15, -0.1) is 0 Å². The highest BCUT2D eigenvalue weighted by Crippen LogP contribution is 2.32. The maximum atomic E-state index is 10.5. The van der Waals surface area contributed by atoms with Crippen LogP contribution in [0.5, 0.6) is 11.5 Å². The minimum Gasteiger partial charge on any atom is -0.504 e. The predicted octanol–water partition coefficient (Wildman–Crippen LogP) is 1.47. The molecule has 1 aromatic carbocycles. The van der Waals surface area contributed by atoms with Crippen LogP contribution in [0, 0.1) is 0 Å².